The van der Waals surface area contributed by atoms with E-state index < -0.39 is 84.1 Å². The normalized spacial score (nSPS) is 26.9. The number of carbonyl (C=O) groups is 1. The monoisotopic (exact) mass is 1000 g/mol. The largest absolute Gasteiger partial charge is 0.445 e. The van der Waals surface area contributed by atoms with Crippen molar-refractivity contribution < 1.29 is 56.9 Å². The molecule has 5 aromatic rings. The maximum atomic E-state index is 13.6. The van der Waals surface area contributed by atoms with Crippen LogP contribution in [0.2, 0.25) is 0 Å². The van der Waals surface area contributed by atoms with Gasteiger partial charge in [-0.2, -0.15) is 0 Å². The lowest BCUT2D eigenvalue weighted by Gasteiger charge is -2.51. The smallest absolute Gasteiger partial charge is 0.407 e. The Labute approximate surface area is 417 Å². The fourth-order valence-corrected chi connectivity index (χ4v) is 8.47. The van der Waals surface area contributed by atoms with E-state index in [1.165, 1.54) is 0 Å². The van der Waals surface area contributed by atoms with Crippen molar-refractivity contribution in [1.82, 2.24) is 5.32 Å². The maximum Gasteiger partial charge on any atom is 0.407 e. The number of nitrogens with one attached hydrogen (secondary N) is 1. The Morgan fingerprint density at radius 1 is 0.623 bits per heavy atom. The van der Waals surface area contributed by atoms with Gasteiger partial charge in [0, 0.05) is 5.56 Å². The Balaban J connectivity index is 1.18. The number of carbonyl (C=O) groups excluding carboxylic acids is 1. The minimum absolute atomic E-state index is 0.00361. The fourth-order valence-electron chi connectivity index (χ4n) is 8.31. The van der Waals surface area contributed by atoms with Crippen LogP contribution in [0, 0.1) is 0 Å². The van der Waals surface area contributed by atoms with Crippen LogP contribution >= 0.6 is 34.8 Å². The number of amides is 1. The van der Waals surface area contributed by atoms with Crippen LogP contribution in [0.15, 0.2) is 164 Å². The third-order valence-corrected chi connectivity index (χ3v) is 11.9. The van der Waals surface area contributed by atoms with Gasteiger partial charge in [-0.25, -0.2) is 4.79 Å². The summed E-state index contributed by atoms with van der Waals surface area (Å²) in [7, 11) is 0. The van der Waals surface area contributed by atoms with E-state index in [0.717, 1.165) is 27.8 Å². The van der Waals surface area contributed by atoms with E-state index in [1.807, 2.05) is 152 Å². The van der Waals surface area contributed by atoms with Crippen molar-refractivity contribution in [3.63, 3.8) is 0 Å². The van der Waals surface area contributed by atoms with Crippen LogP contribution in [0.4, 0.5) is 4.79 Å². The third kappa shape index (κ3) is 14.8. The second kappa shape index (κ2) is 25.6. The Morgan fingerprint density at radius 2 is 1.14 bits per heavy atom. The molecule has 2 unspecified atom stereocenters. The van der Waals surface area contributed by atoms with E-state index in [4.69, 9.17) is 86.9 Å². The Kier molecular flexibility index (Phi) is 18.9. The van der Waals surface area contributed by atoms with Crippen molar-refractivity contribution in [2.45, 2.75) is 97.9 Å². The SMILES string of the molecule is C=CCO[C@H]1O[C@H](COCc2ccccc2)[C@@H](OC2O[C@@H]3COC(c4ccccc4)O[C@H]3[C@H](OCc3ccccc3)[C@@H]2OCc2ccccc2)[C@H](OCc2ccccc2)[C@H]1NC(=O)OCC(Cl)(Cl)Cl. The summed E-state index contributed by atoms with van der Waals surface area (Å²) in [6.45, 7) is 4.22. The molecule has 69 heavy (non-hydrogen) atoms. The van der Waals surface area contributed by atoms with Crippen LogP contribution in [0.3, 0.4) is 0 Å². The van der Waals surface area contributed by atoms with Crippen LogP contribution in [0.5, 0.6) is 0 Å². The highest BCUT2D eigenvalue weighted by Gasteiger charge is 2.56. The topological polar surface area (TPSA) is 131 Å². The van der Waals surface area contributed by atoms with E-state index in [-0.39, 0.29) is 46.2 Å². The minimum atomic E-state index is -1.88. The molecule has 1 N–H and O–H groups in total. The van der Waals surface area contributed by atoms with Gasteiger partial charge < -0.3 is 57.4 Å². The Bertz CT molecular complexity index is 2290. The van der Waals surface area contributed by atoms with Crippen molar-refractivity contribution in [3.8, 4) is 0 Å². The second-order valence-electron chi connectivity index (χ2n) is 16.6. The zero-order valence-corrected chi connectivity index (χ0v) is 40.0. The highest BCUT2D eigenvalue weighted by atomic mass is 35.6. The van der Waals surface area contributed by atoms with Gasteiger partial charge >= 0.3 is 6.09 Å². The van der Waals surface area contributed by atoms with Gasteiger partial charge in [0.05, 0.1) is 46.2 Å². The summed E-state index contributed by atoms with van der Waals surface area (Å²) in [6, 6.07) is 47.6. The summed E-state index contributed by atoms with van der Waals surface area (Å²) in [5.41, 5.74) is 4.48. The molecule has 0 saturated carbocycles. The van der Waals surface area contributed by atoms with Crippen molar-refractivity contribution >= 4 is 40.9 Å². The molecule has 8 rings (SSSR count). The lowest BCUT2D eigenvalue weighted by molar-refractivity contribution is -0.391. The molecule has 0 spiro atoms. The lowest BCUT2D eigenvalue weighted by Crippen LogP contribution is -2.69. The highest BCUT2D eigenvalue weighted by molar-refractivity contribution is 6.67. The lowest BCUT2D eigenvalue weighted by atomic mass is 9.94. The number of hydrogen-bond donors (Lipinski definition) is 1. The van der Waals surface area contributed by atoms with Gasteiger partial charge in [0.2, 0.25) is 3.79 Å². The van der Waals surface area contributed by atoms with Crippen molar-refractivity contribution in [2.24, 2.45) is 0 Å². The molecular weight excluding hydrogens is 949 g/mol. The van der Waals surface area contributed by atoms with E-state index in [9.17, 15) is 4.79 Å². The molecule has 0 aliphatic carbocycles. The molecule has 3 fully saturated rings. The summed E-state index contributed by atoms with van der Waals surface area (Å²) in [4.78, 5) is 13.6. The molecular formula is C53H56Cl3NO12. The highest BCUT2D eigenvalue weighted by Crippen LogP contribution is 2.40. The predicted octanol–water partition coefficient (Wildman–Crippen LogP) is 9.58. The number of fused-ring (bicyclic) bond motifs is 1. The summed E-state index contributed by atoms with van der Waals surface area (Å²) in [5.74, 6) is 0. The summed E-state index contributed by atoms with van der Waals surface area (Å²) in [5, 5.41) is 2.87. The molecule has 3 saturated heterocycles. The van der Waals surface area contributed by atoms with Gasteiger partial charge in [-0.3, -0.25) is 0 Å². The third-order valence-electron chi connectivity index (χ3n) is 11.6. The Hall–Kier alpha value is -4.42. The number of halogens is 3. The van der Waals surface area contributed by atoms with Gasteiger partial charge in [-0.1, -0.05) is 193 Å². The standard InChI is InChI=1S/C53H56Cl3NO12/c1-2-28-60-50-43(57-52(58)65-35-53(54,55)56)46(61-30-37-20-10-4-11-21-37)44(41(66-50)33-59-29-36-18-8-3-9-19-36)69-51-48(63-32-39-24-14-6-15-25-39)47(62-31-38-22-12-5-13-23-38)45-42(67-51)34-64-49(68-45)40-26-16-7-17-27-40/h2-27,41-51H,1,28-35H2,(H,57,58)/t41-,42-,43-,44-,45-,46-,47+,48+,49?,50+,51?/m1/s1. The van der Waals surface area contributed by atoms with E-state index in [1.54, 1.807) is 6.08 Å². The van der Waals surface area contributed by atoms with E-state index >= 15 is 0 Å². The number of benzene rings is 5. The molecule has 5 aromatic carbocycles. The second-order valence-corrected chi connectivity index (χ2v) is 19.1. The van der Waals surface area contributed by atoms with Gasteiger partial charge in [-0.05, 0) is 22.3 Å². The molecule has 3 aliphatic heterocycles. The van der Waals surface area contributed by atoms with Crippen LogP contribution in [-0.2, 0) is 78.5 Å². The first kappa shape index (κ1) is 51.0. The van der Waals surface area contributed by atoms with E-state index in [0.29, 0.717) is 0 Å². The molecule has 13 nitrogen and oxygen atoms in total. The Morgan fingerprint density at radius 3 is 1.70 bits per heavy atom. The van der Waals surface area contributed by atoms with Gasteiger partial charge in [0.25, 0.3) is 0 Å². The molecule has 11 atom stereocenters. The van der Waals surface area contributed by atoms with E-state index in [2.05, 4.69) is 11.9 Å². The summed E-state index contributed by atoms with van der Waals surface area (Å²) < 4.78 is 70.9. The van der Waals surface area contributed by atoms with Crippen molar-refractivity contribution in [1.29, 1.82) is 0 Å². The fraction of sp³-hybridized carbons (Fsp3) is 0.377. The number of alkyl carbamates (subject to hydrolysis) is 1. The number of rotatable bonds is 21. The van der Waals surface area contributed by atoms with Crippen LogP contribution < -0.4 is 5.32 Å². The van der Waals surface area contributed by atoms with Gasteiger partial charge in [-0.15, -0.1) is 6.58 Å². The number of alkyl halides is 3. The predicted molar refractivity (Wildman–Crippen MR) is 258 cm³/mol. The van der Waals surface area contributed by atoms with Crippen LogP contribution in [0.1, 0.15) is 34.1 Å². The maximum absolute atomic E-state index is 13.6. The molecule has 16 heteroatoms. The van der Waals surface area contributed by atoms with Gasteiger partial charge in [0.15, 0.2) is 18.9 Å². The summed E-state index contributed by atoms with van der Waals surface area (Å²) >= 11 is 18.0. The molecule has 366 valence electrons. The average molecular weight is 1010 g/mol. The van der Waals surface area contributed by atoms with Crippen molar-refractivity contribution in [3.05, 3.63) is 192 Å². The molecule has 0 radical (unpaired) electrons. The quantitative estimate of drug-likeness (QED) is 0.0555. The minimum Gasteiger partial charge on any atom is -0.445 e. The zero-order valence-electron chi connectivity index (χ0n) is 37.8. The van der Waals surface area contributed by atoms with Crippen LogP contribution in [0.25, 0.3) is 0 Å². The molecule has 0 bridgehead atoms. The molecule has 3 aliphatic rings. The number of ether oxygens (including phenoxy) is 11. The first-order valence-electron chi connectivity index (χ1n) is 22.8. The summed E-state index contributed by atoms with van der Waals surface area (Å²) in [6.07, 6.45) is -8.46. The van der Waals surface area contributed by atoms with Crippen molar-refractivity contribution in [2.75, 3.05) is 26.4 Å². The molecule has 1 amide bonds. The molecule has 3 heterocycles. The van der Waals surface area contributed by atoms with Crippen LogP contribution in [-0.4, -0.2) is 97.7 Å². The zero-order chi connectivity index (χ0) is 47.8. The average Bonchev–Trinajstić information content (AvgIpc) is 3.38. The molecule has 0 aromatic heterocycles. The number of hydrogen-bond acceptors (Lipinski definition) is 12. The first-order valence-corrected chi connectivity index (χ1v) is 23.9. The van der Waals surface area contributed by atoms with Gasteiger partial charge in [0.1, 0.15) is 55.4 Å². The first-order chi connectivity index (χ1) is 33.7.